The summed E-state index contributed by atoms with van der Waals surface area (Å²) >= 11 is 1.58. The lowest BCUT2D eigenvalue weighted by Gasteiger charge is -2.02. The van der Waals surface area contributed by atoms with Crippen molar-refractivity contribution in [3.63, 3.8) is 0 Å². The number of ether oxygens (including phenoxy) is 1. The highest BCUT2D eigenvalue weighted by Gasteiger charge is 2.07. The molecule has 0 bridgehead atoms. The summed E-state index contributed by atoms with van der Waals surface area (Å²) in [4.78, 5) is 15.6. The molecule has 1 aromatic carbocycles. The summed E-state index contributed by atoms with van der Waals surface area (Å²) in [6.45, 7) is 0. The molecular formula is C13H16N4O2S. The molecule has 0 unspecified atom stereocenters. The first-order chi connectivity index (χ1) is 9.78. The van der Waals surface area contributed by atoms with Gasteiger partial charge in [-0.15, -0.1) is 5.10 Å². The van der Waals surface area contributed by atoms with E-state index in [2.05, 4.69) is 32.6 Å². The van der Waals surface area contributed by atoms with Gasteiger partial charge >= 0.3 is 6.01 Å². The van der Waals surface area contributed by atoms with Crippen LogP contribution in [-0.4, -0.2) is 39.7 Å². The van der Waals surface area contributed by atoms with Gasteiger partial charge in [-0.3, -0.25) is 10.1 Å². The molecular weight excluding hydrogens is 276 g/mol. The van der Waals surface area contributed by atoms with Gasteiger partial charge in [0.05, 0.1) is 12.9 Å². The highest BCUT2D eigenvalue weighted by Crippen LogP contribution is 2.08. The molecule has 2 rings (SSSR count). The van der Waals surface area contributed by atoms with Crippen molar-refractivity contribution in [1.82, 2.24) is 15.2 Å². The second kappa shape index (κ2) is 7.54. The molecule has 7 heteroatoms. The van der Waals surface area contributed by atoms with Gasteiger partial charge in [-0.1, -0.05) is 30.3 Å². The first-order valence-electron chi connectivity index (χ1n) is 6.16. The van der Waals surface area contributed by atoms with Crippen LogP contribution in [0, 0.1) is 0 Å². The van der Waals surface area contributed by atoms with Crippen molar-refractivity contribution < 1.29 is 9.53 Å². The van der Waals surface area contributed by atoms with Gasteiger partial charge in [-0.2, -0.15) is 16.7 Å². The minimum atomic E-state index is -0.109. The normalized spacial score (nSPS) is 10.2. The van der Waals surface area contributed by atoms with Crippen molar-refractivity contribution in [3.05, 3.63) is 35.9 Å². The Labute approximate surface area is 121 Å². The minimum absolute atomic E-state index is 0.109. The topological polar surface area (TPSA) is 79.9 Å². The Bertz CT molecular complexity index is 544. The van der Waals surface area contributed by atoms with E-state index in [0.717, 1.165) is 12.2 Å². The van der Waals surface area contributed by atoms with Crippen LogP contribution in [0.4, 0.5) is 5.95 Å². The third-order valence-corrected chi connectivity index (χ3v) is 3.48. The predicted octanol–water partition coefficient (Wildman–Crippen LogP) is 1.73. The zero-order chi connectivity index (χ0) is 14.2. The van der Waals surface area contributed by atoms with E-state index >= 15 is 0 Å². The van der Waals surface area contributed by atoms with E-state index in [1.54, 1.807) is 11.8 Å². The lowest BCUT2D eigenvalue weighted by atomic mass is 10.2. The predicted molar refractivity (Wildman–Crippen MR) is 79.0 cm³/mol. The van der Waals surface area contributed by atoms with E-state index < -0.39 is 0 Å². The Hall–Kier alpha value is -2.02. The van der Waals surface area contributed by atoms with Crippen LogP contribution < -0.4 is 10.1 Å². The van der Waals surface area contributed by atoms with Gasteiger partial charge in [0.1, 0.15) is 0 Å². The third kappa shape index (κ3) is 4.58. The highest BCUT2D eigenvalue weighted by atomic mass is 32.2. The number of nitrogens with zero attached hydrogens (tertiary/aromatic N) is 2. The van der Waals surface area contributed by atoms with Crippen molar-refractivity contribution in [1.29, 1.82) is 0 Å². The Balaban J connectivity index is 1.65. The average molecular weight is 292 g/mol. The Morgan fingerprint density at radius 2 is 2.20 bits per heavy atom. The summed E-state index contributed by atoms with van der Waals surface area (Å²) in [6, 6.07) is 10.4. The number of aryl methyl sites for hydroxylation is 1. The molecule has 0 spiro atoms. The van der Waals surface area contributed by atoms with Gasteiger partial charge in [0.25, 0.3) is 0 Å². The van der Waals surface area contributed by atoms with Crippen molar-refractivity contribution in [2.24, 2.45) is 0 Å². The molecule has 1 amide bonds. The summed E-state index contributed by atoms with van der Waals surface area (Å²) in [5.41, 5.74) is 1.28. The van der Waals surface area contributed by atoms with E-state index in [0.29, 0.717) is 11.7 Å². The lowest BCUT2D eigenvalue weighted by Crippen LogP contribution is -2.15. The zero-order valence-electron chi connectivity index (χ0n) is 11.1. The minimum Gasteiger partial charge on any atom is -0.466 e. The first kappa shape index (κ1) is 14.4. The summed E-state index contributed by atoms with van der Waals surface area (Å²) in [5, 5.41) is 8.95. The number of thioether (sulfide) groups is 1. The molecule has 0 radical (unpaired) electrons. The molecule has 106 valence electrons. The van der Waals surface area contributed by atoms with Crippen molar-refractivity contribution in [2.75, 3.05) is 23.9 Å². The van der Waals surface area contributed by atoms with Gasteiger partial charge in [-0.05, 0) is 17.7 Å². The Morgan fingerprint density at radius 3 is 2.90 bits per heavy atom. The molecule has 0 saturated heterocycles. The smallest absolute Gasteiger partial charge is 0.336 e. The number of benzene rings is 1. The van der Waals surface area contributed by atoms with E-state index in [1.807, 2.05) is 18.2 Å². The van der Waals surface area contributed by atoms with E-state index in [-0.39, 0.29) is 11.9 Å². The molecule has 20 heavy (non-hydrogen) atoms. The fourth-order valence-corrected chi connectivity index (χ4v) is 2.34. The second-order valence-corrected chi connectivity index (χ2v) is 5.11. The number of nitrogens with one attached hydrogen (secondary N) is 2. The summed E-state index contributed by atoms with van der Waals surface area (Å²) < 4.78 is 4.81. The highest BCUT2D eigenvalue weighted by molar-refractivity contribution is 7.99. The zero-order valence-corrected chi connectivity index (χ0v) is 11.9. The van der Waals surface area contributed by atoms with Gasteiger partial charge in [0.2, 0.25) is 11.9 Å². The third-order valence-electron chi connectivity index (χ3n) is 2.52. The molecule has 6 nitrogen and oxygen atoms in total. The summed E-state index contributed by atoms with van der Waals surface area (Å²) in [6.07, 6.45) is 0.953. The molecule has 0 aliphatic carbocycles. The molecule has 0 saturated carbocycles. The fraction of sp³-hybridized carbons (Fsp3) is 0.308. The largest absolute Gasteiger partial charge is 0.466 e. The maximum atomic E-state index is 11.7. The van der Waals surface area contributed by atoms with E-state index in [9.17, 15) is 4.79 Å². The molecule has 2 N–H and O–H groups in total. The molecule has 0 atom stereocenters. The monoisotopic (exact) mass is 292 g/mol. The number of anilines is 1. The molecule has 0 aliphatic heterocycles. The van der Waals surface area contributed by atoms with Gasteiger partial charge in [0.15, 0.2) is 0 Å². The summed E-state index contributed by atoms with van der Waals surface area (Å²) in [7, 11) is 1.47. The Kier molecular flexibility index (Phi) is 5.43. The lowest BCUT2D eigenvalue weighted by molar-refractivity contribution is -0.113. The van der Waals surface area contributed by atoms with Crippen LogP contribution in [0.2, 0.25) is 0 Å². The molecule has 1 heterocycles. The number of amides is 1. The van der Waals surface area contributed by atoms with Gasteiger partial charge < -0.3 is 4.74 Å². The fourth-order valence-electron chi connectivity index (χ4n) is 1.56. The van der Waals surface area contributed by atoms with Crippen molar-refractivity contribution >= 4 is 23.6 Å². The average Bonchev–Trinajstić information content (AvgIpc) is 2.92. The SMILES string of the molecule is COc1n[nH]c(NC(=O)CSCCc2ccccc2)n1. The van der Waals surface area contributed by atoms with E-state index in [4.69, 9.17) is 4.74 Å². The number of carbonyl (C=O) groups is 1. The maximum absolute atomic E-state index is 11.7. The number of H-pyrrole nitrogens is 1. The number of aromatic nitrogens is 3. The number of carbonyl (C=O) groups excluding carboxylic acids is 1. The number of hydrogen-bond acceptors (Lipinski definition) is 5. The Morgan fingerprint density at radius 1 is 1.40 bits per heavy atom. The van der Waals surface area contributed by atoms with Crippen LogP contribution >= 0.6 is 11.8 Å². The molecule has 0 aliphatic rings. The quantitative estimate of drug-likeness (QED) is 0.760. The van der Waals surface area contributed by atoms with Gasteiger partial charge in [0, 0.05) is 0 Å². The summed E-state index contributed by atoms with van der Waals surface area (Å²) in [5.74, 6) is 1.48. The van der Waals surface area contributed by atoms with Crippen molar-refractivity contribution in [3.8, 4) is 6.01 Å². The van der Waals surface area contributed by atoms with Crippen LogP contribution in [0.3, 0.4) is 0 Å². The van der Waals surface area contributed by atoms with Crippen LogP contribution in [-0.2, 0) is 11.2 Å². The number of aromatic amines is 1. The standard InChI is InChI=1S/C13H16N4O2S/c1-19-13-15-12(16-17-13)14-11(18)9-20-8-7-10-5-3-2-4-6-10/h2-6H,7-9H2,1H3,(H2,14,15,16,17,18). The second-order valence-electron chi connectivity index (χ2n) is 4.01. The number of hydrogen-bond donors (Lipinski definition) is 2. The first-order valence-corrected chi connectivity index (χ1v) is 7.31. The van der Waals surface area contributed by atoms with E-state index in [1.165, 1.54) is 12.7 Å². The van der Waals surface area contributed by atoms with Gasteiger partial charge in [-0.25, -0.2) is 5.10 Å². The van der Waals surface area contributed by atoms with Crippen LogP contribution in [0.5, 0.6) is 6.01 Å². The molecule has 2 aromatic rings. The van der Waals surface area contributed by atoms with Crippen LogP contribution in [0.1, 0.15) is 5.56 Å². The van der Waals surface area contributed by atoms with Crippen molar-refractivity contribution in [2.45, 2.75) is 6.42 Å². The van der Waals surface area contributed by atoms with Crippen LogP contribution in [0.15, 0.2) is 30.3 Å². The van der Waals surface area contributed by atoms with Crippen LogP contribution in [0.25, 0.3) is 0 Å². The number of rotatable bonds is 7. The molecule has 1 aromatic heterocycles. The number of methoxy groups -OCH3 is 1. The maximum Gasteiger partial charge on any atom is 0.336 e. The molecule has 0 fully saturated rings.